The molecule has 114 valence electrons. The number of hydrogen-bond donors (Lipinski definition) is 1. The van der Waals surface area contributed by atoms with Gasteiger partial charge < -0.3 is 10.0 Å². The Kier molecular flexibility index (Phi) is 4.18. The van der Waals surface area contributed by atoms with Crippen molar-refractivity contribution in [1.82, 2.24) is 9.97 Å². The fourth-order valence-electron chi connectivity index (χ4n) is 2.62. The lowest BCUT2D eigenvalue weighted by Gasteiger charge is -2.22. The van der Waals surface area contributed by atoms with Crippen molar-refractivity contribution >= 4 is 35.0 Å². The van der Waals surface area contributed by atoms with Gasteiger partial charge in [-0.1, -0.05) is 29.3 Å². The van der Waals surface area contributed by atoms with Gasteiger partial charge in [0.15, 0.2) is 0 Å². The number of carboxylic acid groups (broad SMARTS) is 1. The van der Waals surface area contributed by atoms with Crippen molar-refractivity contribution in [2.45, 2.75) is 18.9 Å². The largest absolute Gasteiger partial charge is 0.480 e. The molecule has 1 aromatic carbocycles. The summed E-state index contributed by atoms with van der Waals surface area (Å²) in [5, 5.41) is 10.2. The highest BCUT2D eigenvalue weighted by Crippen LogP contribution is 2.30. The van der Waals surface area contributed by atoms with E-state index in [9.17, 15) is 9.90 Å². The topological polar surface area (TPSA) is 66.3 Å². The number of halogens is 2. The highest BCUT2D eigenvalue weighted by molar-refractivity contribution is 6.42. The van der Waals surface area contributed by atoms with E-state index < -0.39 is 12.0 Å². The van der Waals surface area contributed by atoms with Crippen LogP contribution in [0.1, 0.15) is 12.8 Å². The van der Waals surface area contributed by atoms with E-state index in [4.69, 9.17) is 23.2 Å². The Morgan fingerprint density at radius 3 is 2.77 bits per heavy atom. The number of anilines is 1. The number of nitrogens with zero attached hydrogens (tertiary/aromatic N) is 3. The lowest BCUT2D eigenvalue weighted by Crippen LogP contribution is -2.36. The summed E-state index contributed by atoms with van der Waals surface area (Å²) < 4.78 is 0. The van der Waals surface area contributed by atoms with Crippen LogP contribution in [0.5, 0.6) is 0 Å². The maximum Gasteiger partial charge on any atom is 0.326 e. The SMILES string of the molecule is O=C(O)C1CCCN1c1cc(-c2ccc(Cl)c(Cl)c2)ncn1. The minimum atomic E-state index is -0.827. The molecule has 1 unspecified atom stereocenters. The smallest absolute Gasteiger partial charge is 0.326 e. The van der Waals surface area contributed by atoms with Crippen molar-refractivity contribution in [2.24, 2.45) is 0 Å². The number of carbonyl (C=O) groups is 1. The van der Waals surface area contributed by atoms with Crippen LogP contribution in [0.25, 0.3) is 11.3 Å². The minimum Gasteiger partial charge on any atom is -0.480 e. The molecular weight excluding hydrogens is 325 g/mol. The van der Waals surface area contributed by atoms with Crippen LogP contribution >= 0.6 is 23.2 Å². The molecule has 0 amide bonds. The monoisotopic (exact) mass is 337 g/mol. The number of aliphatic carboxylic acids is 1. The second kappa shape index (κ2) is 6.10. The normalized spacial score (nSPS) is 17.7. The average molecular weight is 338 g/mol. The minimum absolute atomic E-state index is 0.448. The van der Waals surface area contributed by atoms with E-state index in [1.165, 1.54) is 6.33 Å². The van der Waals surface area contributed by atoms with Gasteiger partial charge in [0, 0.05) is 18.2 Å². The molecule has 2 aromatic rings. The van der Waals surface area contributed by atoms with Crippen molar-refractivity contribution in [3.05, 3.63) is 40.6 Å². The standard InChI is InChI=1S/C15H13Cl2N3O2/c16-10-4-3-9(6-11(10)17)12-7-14(19-8-18-12)20-5-1-2-13(20)15(21)22/h3-4,6-8,13H,1-2,5H2,(H,21,22). The van der Waals surface area contributed by atoms with Gasteiger partial charge in [-0.15, -0.1) is 0 Å². The van der Waals surface area contributed by atoms with E-state index in [1.807, 2.05) is 6.07 Å². The molecule has 0 radical (unpaired) electrons. The fraction of sp³-hybridized carbons (Fsp3) is 0.267. The summed E-state index contributed by atoms with van der Waals surface area (Å²) in [6.07, 6.45) is 2.90. The first-order valence-corrected chi connectivity index (χ1v) is 7.59. The van der Waals surface area contributed by atoms with Crippen LogP contribution in [0.2, 0.25) is 10.0 Å². The van der Waals surface area contributed by atoms with Crippen LogP contribution in [0, 0.1) is 0 Å². The van der Waals surface area contributed by atoms with Gasteiger partial charge in [-0.2, -0.15) is 0 Å². The second-order valence-corrected chi connectivity index (χ2v) is 5.89. The van der Waals surface area contributed by atoms with E-state index in [0.717, 1.165) is 12.0 Å². The molecule has 0 bridgehead atoms. The Bertz CT molecular complexity index is 724. The van der Waals surface area contributed by atoms with Crippen molar-refractivity contribution < 1.29 is 9.90 Å². The zero-order valence-corrected chi connectivity index (χ0v) is 13.1. The summed E-state index contributed by atoms with van der Waals surface area (Å²) in [5.74, 6) is -0.215. The molecule has 0 spiro atoms. The van der Waals surface area contributed by atoms with Gasteiger partial charge in [0.1, 0.15) is 18.2 Å². The molecular formula is C15H13Cl2N3O2. The molecule has 22 heavy (non-hydrogen) atoms. The van der Waals surface area contributed by atoms with Gasteiger partial charge >= 0.3 is 5.97 Å². The Labute approximate surface area is 137 Å². The first-order valence-electron chi connectivity index (χ1n) is 6.83. The molecule has 0 aliphatic carbocycles. The average Bonchev–Trinajstić information content (AvgIpc) is 3.00. The predicted molar refractivity (Wildman–Crippen MR) is 85.5 cm³/mol. The molecule has 0 saturated carbocycles. The van der Waals surface area contributed by atoms with Gasteiger partial charge in [0.25, 0.3) is 0 Å². The third-order valence-corrected chi connectivity index (χ3v) is 4.44. The first kappa shape index (κ1) is 15.1. The highest BCUT2D eigenvalue weighted by Gasteiger charge is 2.31. The van der Waals surface area contributed by atoms with Crippen LogP contribution in [0.15, 0.2) is 30.6 Å². The van der Waals surface area contributed by atoms with E-state index >= 15 is 0 Å². The van der Waals surface area contributed by atoms with Crippen molar-refractivity contribution in [3.63, 3.8) is 0 Å². The van der Waals surface area contributed by atoms with Crippen LogP contribution in [0.3, 0.4) is 0 Å². The number of carboxylic acids is 1. The second-order valence-electron chi connectivity index (χ2n) is 5.08. The van der Waals surface area contributed by atoms with Gasteiger partial charge in [-0.25, -0.2) is 14.8 Å². The van der Waals surface area contributed by atoms with Gasteiger partial charge in [-0.3, -0.25) is 0 Å². The molecule has 1 fully saturated rings. The Morgan fingerprint density at radius 1 is 1.23 bits per heavy atom. The van der Waals surface area contributed by atoms with Crippen molar-refractivity contribution in [1.29, 1.82) is 0 Å². The van der Waals surface area contributed by atoms with Crippen LogP contribution in [0.4, 0.5) is 5.82 Å². The molecule has 2 heterocycles. The number of aromatic nitrogens is 2. The van der Waals surface area contributed by atoms with Crippen molar-refractivity contribution in [3.8, 4) is 11.3 Å². The summed E-state index contributed by atoms with van der Waals surface area (Å²) in [6, 6.07) is 6.50. The summed E-state index contributed by atoms with van der Waals surface area (Å²) in [5.41, 5.74) is 1.49. The van der Waals surface area contributed by atoms with E-state index in [-0.39, 0.29) is 0 Å². The molecule has 1 aliphatic heterocycles. The summed E-state index contributed by atoms with van der Waals surface area (Å²) in [6.45, 7) is 0.675. The number of hydrogen-bond acceptors (Lipinski definition) is 4. The third-order valence-electron chi connectivity index (χ3n) is 3.70. The zero-order valence-electron chi connectivity index (χ0n) is 11.5. The molecule has 1 N–H and O–H groups in total. The van der Waals surface area contributed by atoms with E-state index in [0.29, 0.717) is 34.5 Å². The number of benzene rings is 1. The molecule has 1 saturated heterocycles. The quantitative estimate of drug-likeness (QED) is 0.928. The van der Waals surface area contributed by atoms with E-state index in [2.05, 4.69) is 9.97 Å². The fourth-order valence-corrected chi connectivity index (χ4v) is 2.91. The molecule has 1 aliphatic rings. The van der Waals surface area contributed by atoms with Gasteiger partial charge in [0.2, 0.25) is 0 Å². The molecule has 1 atom stereocenters. The Balaban J connectivity index is 1.95. The predicted octanol–water partition coefficient (Wildman–Crippen LogP) is 3.50. The summed E-state index contributed by atoms with van der Waals surface area (Å²) >= 11 is 12.0. The summed E-state index contributed by atoms with van der Waals surface area (Å²) in [7, 11) is 0. The first-order chi connectivity index (χ1) is 10.6. The Hall–Kier alpha value is -1.85. The van der Waals surface area contributed by atoms with Gasteiger partial charge in [-0.05, 0) is 25.0 Å². The van der Waals surface area contributed by atoms with E-state index in [1.54, 1.807) is 23.1 Å². The Morgan fingerprint density at radius 2 is 2.05 bits per heavy atom. The maximum atomic E-state index is 11.3. The van der Waals surface area contributed by atoms with Gasteiger partial charge in [0.05, 0.1) is 15.7 Å². The lowest BCUT2D eigenvalue weighted by atomic mass is 10.1. The highest BCUT2D eigenvalue weighted by atomic mass is 35.5. The molecule has 3 rings (SSSR count). The maximum absolute atomic E-state index is 11.3. The zero-order chi connectivity index (χ0) is 15.7. The van der Waals surface area contributed by atoms with Crippen LogP contribution in [-0.4, -0.2) is 33.6 Å². The molecule has 7 heteroatoms. The van der Waals surface area contributed by atoms with Crippen molar-refractivity contribution in [2.75, 3.05) is 11.4 Å². The number of rotatable bonds is 3. The summed E-state index contributed by atoms with van der Waals surface area (Å²) in [4.78, 5) is 21.5. The molecule has 5 nitrogen and oxygen atoms in total. The molecule has 1 aromatic heterocycles. The van der Waals surface area contributed by atoms with Crippen LogP contribution in [-0.2, 0) is 4.79 Å². The lowest BCUT2D eigenvalue weighted by molar-refractivity contribution is -0.138. The third kappa shape index (κ3) is 2.87. The van der Waals surface area contributed by atoms with Crippen LogP contribution < -0.4 is 4.90 Å².